The monoisotopic (exact) mass is 346 g/mol. The Balaban J connectivity index is 1.69. The normalized spacial score (nSPS) is 18.7. The fourth-order valence-corrected chi connectivity index (χ4v) is 3.33. The minimum absolute atomic E-state index is 0.129. The summed E-state index contributed by atoms with van der Waals surface area (Å²) >= 11 is 1.12. The fraction of sp³-hybridized carbons (Fsp3) is 0.562. The van der Waals surface area contributed by atoms with Crippen LogP contribution < -0.4 is 10.6 Å². The zero-order valence-electron chi connectivity index (χ0n) is 12.8. The van der Waals surface area contributed by atoms with Gasteiger partial charge < -0.3 is 10.6 Å². The molecule has 1 aromatic carbocycles. The number of alkyl halides is 3. The maximum Gasteiger partial charge on any atom is 0.416 e. The van der Waals surface area contributed by atoms with E-state index in [9.17, 15) is 18.0 Å². The van der Waals surface area contributed by atoms with Gasteiger partial charge in [0.2, 0.25) is 5.91 Å². The highest BCUT2D eigenvalue weighted by Gasteiger charge is 2.30. The van der Waals surface area contributed by atoms with Crippen LogP contribution in [0.4, 0.5) is 13.2 Å². The summed E-state index contributed by atoms with van der Waals surface area (Å²) in [5, 5.41) is 6.16. The van der Waals surface area contributed by atoms with Crippen LogP contribution in [0.15, 0.2) is 29.2 Å². The van der Waals surface area contributed by atoms with Gasteiger partial charge in [-0.05, 0) is 56.5 Å². The molecule has 1 heterocycles. The van der Waals surface area contributed by atoms with E-state index in [-0.39, 0.29) is 11.7 Å². The first kappa shape index (κ1) is 18.1. The average Bonchev–Trinajstić information content (AvgIpc) is 2.53. The van der Waals surface area contributed by atoms with Crippen molar-refractivity contribution >= 4 is 17.7 Å². The lowest BCUT2D eigenvalue weighted by molar-refractivity contribution is -0.137. The van der Waals surface area contributed by atoms with Crippen molar-refractivity contribution in [1.29, 1.82) is 0 Å². The van der Waals surface area contributed by atoms with Gasteiger partial charge in [0.15, 0.2) is 0 Å². The second-order valence-corrected chi connectivity index (χ2v) is 6.71. The number of hydrogen-bond acceptors (Lipinski definition) is 3. The highest BCUT2D eigenvalue weighted by Crippen LogP contribution is 2.31. The summed E-state index contributed by atoms with van der Waals surface area (Å²) in [4.78, 5) is 12.2. The number of carbonyl (C=O) groups is 1. The van der Waals surface area contributed by atoms with Gasteiger partial charge in [0.05, 0.1) is 11.3 Å². The molecule has 3 nitrogen and oxygen atoms in total. The number of nitrogens with one attached hydrogen (secondary N) is 2. The Morgan fingerprint density at radius 2 is 2.22 bits per heavy atom. The number of piperidine rings is 1. The zero-order chi connectivity index (χ0) is 16.7. The van der Waals surface area contributed by atoms with Gasteiger partial charge in [0.25, 0.3) is 0 Å². The van der Waals surface area contributed by atoms with Crippen molar-refractivity contribution in [2.75, 3.05) is 25.4 Å². The molecule has 0 radical (unpaired) electrons. The van der Waals surface area contributed by atoms with Crippen LogP contribution in [-0.2, 0) is 11.0 Å². The molecule has 0 aromatic heterocycles. The molecule has 1 saturated heterocycles. The van der Waals surface area contributed by atoms with Crippen LogP contribution in [0.25, 0.3) is 0 Å². The molecule has 7 heteroatoms. The summed E-state index contributed by atoms with van der Waals surface area (Å²) < 4.78 is 37.8. The molecule has 0 aliphatic carbocycles. The molecule has 1 unspecified atom stereocenters. The molecule has 0 bridgehead atoms. The van der Waals surface area contributed by atoms with E-state index >= 15 is 0 Å². The Morgan fingerprint density at radius 3 is 2.91 bits per heavy atom. The highest BCUT2D eigenvalue weighted by atomic mass is 32.2. The number of benzene rings is 1. The number of hydrogen-bond donors (Lipinski definition) is 2. The predicted octanol–water partition coefficient (Wildman–Crippen LogP) is 3.30. The van der Waals surface area contributed by atoms with Crippen molar-refractivity contribution in [3.8, 4) is 0 Å². The van der Waals surface area contributed by atoms with Gasteiger partial charge in [-0.2, -0.15) is 13.2 Å². The lowest BCUT2D eigenvalue weighted by Gasteiger charge is -2.22. The lowest BCUT2D eigenvalue weighted by atomic mass is 9.96. The van der Waals surface area contributed by atoms with E-state index in [1.54, 1.807) is 6.07 Å². The second kappa shape index (κ2) is 8.59. The van der Waals surface area contributed by atoms with Crippen LogP contribution in [-0.4, -0.2) is 31.3 Å². The number of halogens is 3. The largest absolute Gasteiger partial charge is 0.416 e. The molecule has 2 rings (SSSR count). The molecular weight excluding hydrogens is 325 g/mol. The summed E-state index contributed by atoms with van der Waals surface area (Å²) in [6.45, 7) is 2.68. The van der Waals surface area contributed by atoms with Crippen molar-refractivity contribution in [2.45, 2.75) is 30.3 Å². The number of amides is 1. The van der Waals surface area contributed by atoms with E-state index in [0.717, 1.165) is 43.4 Å². The van der Waals surface area contributed by atoms with Gasteiger partial charge in [-0.3, -0.25) is 4.79 Å². The maximum absolute atomic E-state index is 12.6. The first-order valence-corrected chi connectivity index (χ1v) is 8.71. The van der Waals surface area contributed by atoms with Gasteiger partial charge in [-0.15, -0.1) is 11.8 Å². The number of thioether (sulfide) groups is 1. The van der Waals surface area contributed by atoms with E-state index in [1.807, 2.05) is 0 Å². The third-order valence-electron chi connectivity index (χ3n) is 3.80. The van der Waals surface area contributed by atoms with Crippen molar-refractivity contribution in [3.05, 3.63) is 29.8 Å². The second-order valence-electron chi connectivity index (χ2n) is 5.67. The molecule has 1 fully saturated rings. The van der Waals surface area contributed by atoms with Gasteiger partial charge in [0.1, 0.15) is 0 Å². The topological polar surface area (TPSA) is 41.1 Å². The highest BCUT2D eigenvalue weighted by molar-refractivity contribution is 8.00. The Hall–Kier alpha value is -1.21. The Labute approximate surface area is 138 Å². The average molecular weight is 346 g/mol. The fourth-order valence-electron chi connectivity index (χ4n) is 2.55. The van der Waals surface area contributed by atoms with E-state index in [0.29, 0.717) is 17.4 Å². The Morgan fingerprint density at radius 1 is 1.39 bits per heavy atom. The molecule has 1 aliphatic heterocycles. The summed E-state index contributed by atoms with van der Waals surface area (Å²) in [6.07, 6.45) is -1.06. The van der Waals surface area contributed by atoms with Crippen LogP contribution in [0.2, 0.25) is 0 Å². The minimum atomic E-state index is -4.35. The summed E-state index contributed by atoms with van der Waals surface area (Å²) in [5.74, 6) is 0.584. The van der Waals surface area contributed by atoms with Crippen LogP contribution in [0.5, 0.6) is 0 Å². The van der Waals surface area contributed by atoms with Crippen molar-refractivity contribution in [3.63, 3.8) is 0 Å². The van der Waals surface area contributed by atoms with Gasteiger partial charge in [-0.1, -0.05) is 6.07 Å². The van der Waals surface area contributed by atoms with Crippen LogP contribution in [0.3, 0.4) is 0 Å². The molecule has 1 amide bonds. The maximum atomic E-state index is 12.6. The van der Waals surface area contributed by atoms with Gasteiger partial charge in [-0.25, -0.2) is 0 Å². The third-order valence-corrected chi connectivity index (χ3v) is 4.80. The minimum Gasteiger partial charge on any atom is -0.355 e. The Kier molecular flexibility index (Phi) is 6.77. The van der Waals surface area contributed by atoms with E-state index in [2.05, 4.69) is 10.6 Å². The smallest absolute Gasteiger partial charge is 0.355 e. The summed E-state index contributed by atoms with van der Waals surface area (Å²) in [6, 6.07) is 5.05. The first-order valence-electron chi connectivity index (χ1n) is 7.72. The van der Waals surface area contributed by atoms with E-state index in [1.165, 1.54) is 18.9 Å². The quantitative estimate of drug-likeness (QED) is 0.777. The summed E-state index contributed by atoms with van der Waals surface area (Å²) in [5.41, 5.74) is -0.687. The van der Waals surface area contributed by atoms with Crippen LogP contribution >= 0.6 is 11.8 Å². The molecule has 128 valence electrons. The molecule has 2 N–H and O–H groups in total. The first-order chi connectivity index (χ1) is 10.9. The van der Waals surface area contributed by atoms with Crippen LogP contribution in [0, 0.1) is 5.92 Å². The molecular formula is C16H21F3N2OS. The molecule has 1 atom stereocenters. The Bertz CT molecular complexity index is 516. The predicted molar refractivity (Wildman–Crippen MR) is 85.4 cm³/mol. The van der Waals surface area contributed by atoms with Gasteiger partial charge in [0, 0.05) is 11.4 Å². The summed E-state index contributed by atoms with van der Waals surface area (Å²) in [7, 11) is 0. The molecule has 0 spiro atoms. The van der Waals surface area contributed by atoms with Crippen molar-refractivity contribution < 1.29 is 18.0 Å². The molecule has 23 heavy (non-hydrogen) atoms. The van der Waals surface area contributed by atoms with Gasteiger partial charge >= 0.3 is 6.18 Å². The standard InChI is InChI=1S/C16H21F3N2OS/c17-16(18,19)13-4-1-5-14(9-13)23-11-15(22)21-8-6-12-3-2-7-20-10-12/h1,4-5,9,12,20H,2-3,6-8,10-11H2,(H,21,22). The number of carbonyl (C=O) groups excluding carboxylic acids is 1. The SMILES string of the molecule is O=C(CSc1cccc(C(F)(F)F)c1)NCCC1CCCNC1. The molecule has 1 aromatic rings. The van der Waals surface area contributed by atoms with Crippen LogP contribution in [0.1, 0.15) is 24.8 Å². The number of rotatable bonds is 6. The van der Waals surface area contributed by atoms with Crippen molar-refractivity contribution in [1.82, 2.24) is 10.6 Å². The van der Waals surface area contributed by atoms with E-state index < -0.39 is 11.7 Å². The third kappa shape index (κ3) is 6.43. The molecule has 1 aliphatic rings. The van der Waals surface area contributed by atoms with Crippen molar-refractivity contribution in [2.24, 2.45) is 5.92 Å². The lowest BCUT2D eigenvalue weighted by Crippen LogP contribution is -2.33. The molecule has 0 saturated carbocycles. The van der Waals surface area contributed by atoms with E-state index in [4.69, 9.17) is 0 Å². The zero-order valence-corrected chi connectivity index (χ0v) is 13.6.